The van der Waals surface area contributed by atoms with Gasteiger partial charge in [0.15, 0.2) is 0 Å². The van der Waals surface area contributed by atoms with Gasteiger partial charge in [0.25, 0.3) is 0 Å². The van der Waals surface area contributed by atoms with Gasteiger partial charge in [0.2, 0.25) is 5.91 Å². The maximum absolute atomic E-state index is 12.1. The first kappa shape index (κ1) is 17.5. The van der Waals surface area contributed by atoms with Gasteiger partial charge >= 0.3 is 0 Å². The Morgan fingerprint density at radius 2 is 1.69 bits per heavy atom. The van der Waals surface area contributed by atoms with E-state index < -0.39 is 0 Å². The van der Waals surface area contributed by atoms with Gasteiger partial charge in [-0.05, 0) is 23.8 Å². The molecule has 0 spiro atoms. The summed E-state index contributed by atoms with van der Waals surface area (Å²) >= 11 is 0. The highest BCUT2D eigenvalue weighted by atomic mass is 16.5. The molecule has 0 aliphatic heterocycles. The average molecular weight is 347 g/mol. The minimum absolute atomic E-state index is 0.101. The maximum atomic E-state index is 12.1. The van der Waals surface area contributed by atoms with E-state index in [4.69, 9.17) is 9.47 Å². The van der Waals surface area contributed by atoms with Gasteiger partial charge in [0.05, 0.1) is 20.1 Å². The minimum Gasteiger partial charge on any atom is -0.497 e. The fraction of sp³-hybridized carbons (Fsp3) is 0.136. The molecule has 3 aromatic rings. The Labute approximate surface area is 153 Å². The molecule has 0 unspecified atom stereocenters. The monoisotopic (exact) mass is 347 g/mol. The highest BCUT2D eigenvalue weighted by molar-refractivity contribution is 5.91. The van der Waals surface area contributed by atoms with Crippen molar-refractivity contribution in [3.63, 3.8) is 0 Å². The summed E-state index contributed by atoms with van der Waals surface area (Å²) in [6.07, 6.45) is 0.264. The smallest absolute Gasteiger partial charge is 0.227 e. The van der Waals surface area contributed by atoms with Crippen LogP contribution in [-0.2, 0) is 4.79 Å². The molecule has 0 saturated carbocycles. The van der Waals surface area contributed by atoms with E-state index in [0.717, 1.165) is 16.9 Å². The third-order valence-electron chi connectivity index (χ3n) is 3.91. The zero-order valence-electron chi connectivity index (χ0n) is 14.6. The molecular weight excluding hydrogens is 326 g/mol. The van der Waals surface area contributed by atoms with Gasteiger partial charge in [-0.2, -0.15) is 0 Å². The third kappa shape index (κ3) is 4.63. The van der Waals surface area contributed by atoms with Crippen LogP contribution in [0.4, 0.5) is 5.69 Å². The summed E-state index contributed by atoms with van der Waals surface area (Å²) in [4.78, 5) is 12.1. The summed E-state index contributed by atoms with van der Waals surface area (Å²) in [5.41, 5.74) is 2.81. The molecule has 0 heterocycles. The normalized spacial score (nSPS) is 10.2. The average Bonchev–Trinajstić information content (AvgIpc) is 2.69. The summed E-state index contributed by atoms with van der Waals surface area (Å²) in [6, 6.07) is 25.2. The summed E-state index contributed by atoms with van der Waals surface area (Å²) < 4.78 is 11.0. The Bertz CT molecular complexity index is 862. The number of nitrogens with one attached hydrogen (secondary N) is 1. The van der Waals surface area contributed by atoms with E-state index in [1.165, 1.54) is 0 Å². The molecule has 1 N–H and O–H groups in total. The Morgan fingerprint density at radius 3 is 2.50 bits per heavy atom. The van der Waals surface area contributed by atoms with Crippen molar-refractivity contribution in [1.29, 1.82) is 0 Å². The fourth-order valence-corrected chi connectivity index (χ4v) is 2.63. The number of carbonyl (C=O) groups excluding carboxylic acids is 1. The summed E-state index contributed by atoms with van der Waals surface area (Å²) in [6.45, 7) is 0.305. The van der Waals surface area contributed by atoms with Gasteiger partial charge in [0, 0.05) is 17.3 Å². The molecule has 0 bridgehead atoms. The van der Waals surface area contributed by atoms with Gasteiger partial charge in [-0.15, -0.1) is 0 Å². The second-order valence-electron chi connectivity index (χ2n) is 5.74. The molecule has 4 heteroatoms. The van der Waals surface area contributed by atoms with E-state index in [-0.39, 0.29) is 12.3 Å². The predicted octanol–water partition coefficient (Wildman–Crippen LogP) is 4.77. The molecule has 0 fully saturated rings. The Hall–Kier alpha value is -3.27. The zero-order valence-corrected chi connectivity index (χ0v) is 14.6. The number of ether oxygens (including phenoxy) is 2. The molecule has 0 aromatic heterocycles. The van der Waals surface area contributed by atoms with Crippen LogP contribution >= 0.6 is 0 Å². The van der Waals surface area contributed by atoms with Crippen LogP contribution < -0.4 is 14.8 Å². The van der Waals surface area contributed by atoms with Crippen LogP contribution in [-0.4, -0.2) is 19.6 Å². The predicted molar refractivity (Wildman–Crippen MR) is 104 cm³/mol. The van der Waals surface area contributed by atoms with Crippen molar-refractivity contribution in [3.8, 4) is 22.6 Å². The van der Waals surface area contributed by atoms with Crippen LogP contribution in [0.2, 0.25) is 0 Å². The van der Waals surface area contributed by atoms with E-state index in [9.17, 15) is 4.79 Å². The number of carbonyl (C=O) groups is 1. The van der Waals surface area contributed by atoms with Gasteiger partial charge in [0.1, 0.15) is 11.5 Å². The molecule has 0 radical (unpaired) electrons. The van der Waals surface area contributed by atoms with Gasteiger partial charge in [-0.1, -0.05) is 54.6 Å². The lowest BCUT2D eigenvalue weighted by atomic mass is 10.1. The molecule has 3 rings (SSSR count). The minimum atomic E-state index is -0.101. The van der Waals surface area contributed by atoms with Crippen molar-refractivity contribution in [1.82, 2.24) is 0 Å². The van der Waals surface area contributed by atoms with Crippen LogP contribution in [0.1, 0.15) is 6.42 Å². The Kier molecular flexibility index (Phi) is 5.88. The number of methoxy groups -OCH3 is 1. The SMILES string of the molecule is COc1cccc(NC(=O)CCOc2ccccc2-c2ccccc2)c1. The van der Waals surface area contributed by atoms with Crippen LogP contribution in [0, 0.1) is 0 Å². The lowest BCUT2D eigenvalue weighted by Crippen LogP contribution is -2.15. The molecular formula is C22H21NO3. The lowest BCUT2D eigenvalue weighted by Gasteiger charge is -2.12. The molecule has 1 amide bonds. The third-order valence-corrected chi connectivity index (χ3v) is 3.91. The number of rotatable bonds is 7. The van der Waals surface area contributed by atoms with E-state index in [0.29, 0.717) is 18.0 Å². The molecule has 0 aliphatic carbocycles. The molecule has 0 saturated heterocycles. The van der Waals surface area contributed by atoms with E-state index in [2.05, 4.69) is 5.32 Å². The maximum Gasteiger partial charge on any atom is 0.227 e. The largest absolute Gasteiger partial charge is 0.497 e. The van der Waals surface area contributed by atoms with Crippen LogP contribution in [0.3, 0.4) is 0 Å². The standard InChI is InChI=1S/C22H21NO3/c1-25-19-11-7-10-18(16-19)23-22(24)14-15-26-21-13-6-5-12-20(21)17-8-3-2-4-9-17/h2-13,16H,14-15H2,1H3,(H,23,24). The molecule has 4 nitrogen and oxygen atoms in total. The molecule has 132 valence electrons. The number of hydrogen-bond acceptors (Lipinski definition) is 3. The molecule has 0 aliphatic rings. The second kappa shape index (κ2) is 8.72. The molecule has 26 heavy (non-hydrogen) atoms. The topological polar surface area (TPSA) is 47.6 Å². The van der Waals surface area contributed by atoms with E-state index in [1.807, 2.05) is 72.8 Å². The summed E-state index contributed by atoms with van der Waals surface area (Å²) in [5, 5.41) is 2.85. The highest BCUT2D eigenvalue weighted by Gasteiger charge is 2.07. The van der Waals surface area contributed by atoms with Crippen molar-refractivity contribution in [3.05, 3.63) is 78.9 Å². The van der Waals surface area contributed by atoms with Crippen LogP contribution in [0.25, 0.3) is 11.1 Å². The van der Waals surface area contributed by atoms with Crippen LogP contribution in [0.5, 0.6) is 11.5 Å². The lowest BCUT2D eigenvalue weighted by molar-refractivity contribution is -0.116. The first-order chi connectivity index (χ1) is 12.8. The van der Waals surface area contributed by atoms with Crippen molar-refractivity contribution in [2.45, 2.75) is 6.42 Å². The summed E-state index contributed by atoms with van der Waals surface area (Å²) in [5.74, 6) is 1.37. The fourth-order valence-electron chi connectivity index (χ4n) is 2.63. The second-order valence-corrected chi connectivity index (χ2v) is 5.74. The number of hydrogen-bond donors (Lipinski definition) is 1. The van der Waals surface area contributed by atoms with Gasteiger partial charge < -0.3 is 14.8 Å². The number of anilines is 1. The first-order valence-corrected chi connectivity index (χ1v) is 8.47. The van der Waals surface area contributed by atoms with Gasteiger partial charge in [-0.25, -0.2) is 0 Å². The number of benzene rings is 3. The zero-order chi connectivity index (χ0) is 18.2. The quantitative estimate of drug-likeness (QED) is 0.670. The number of amides is 1. The first-order valence-electron chi connectivity index (χ1n) is 8.47. The molecule has 3 aromatic carbocycles. The van der Waals surface area contributed by atoms with Gasteiger partial charge in [-0.3, -0.25) is 4.79 Å². The van der Waals surface area contributed by atoms with Crippen molar-refractivity contribution in [2.75, 3.05) is 19.0 Å². The highest BCUT2D eigenvalue weighted by Crippen LogP contribution is 2.29. The summed E-state index contributed by atoms with van der Waals surface area (Å²) in [7, 11) is 1.60. The van der Waals surface area contributed by atoms with Crippen molar-refractivity contribution in [2.24, 2.45) is 0 Å². The Balaban J connectivity index is 1.57. The van der Waals surface area contributed by atoms with Crippen molar-refractivity contribution < 1.29 is 14.3 Å². The Morgan fingerprint density at radius 1 is 0.923 bits per heavy atom. The van der Waals surface area contributed by atoms with E-state index in [1.54, 1.807) is 13.2 Å². The number of para-hydroxylation sites is 1. The van der Waals surface area contributed by atoms with E-state index >= 15 is 0 Å². The van der Waals surface area contributed by atoms with Crippen molar-refractivity contribution >= 4 is 11.6 Å². The molecule has 0 atom stereocenters. The van der Waals surface area contributed by atoms with Crippen LogP contribution in [0.15, 0.2) is 78.9 Å².